The van der Waals surface area contributed by atoms with Gasteiger partial charge in [0.1, 0.15) is 0 Å². The highest BCUT2D eigenvalue weighted by molar-refractivity contribution is 9.10. The van der Waals surface area contributed by atoms with E-state index < -0.39 is 0 Å². The largest absolute Gasteiger partial charge is 0.504 e. The molecule has 0 amide bonds. The topological polar surface area (TPSA) is 9.23 Å². The van der Waals surface area contributed by atoms with E-state index in [0.29, 0.717) is 5.02 Å². The zero-order valence-electron chi connectivity index (χ0n) is 6.55. The first-order valence-corrected chi connectivity index (χ1v) is 4.55. The molecule has 0 unspecified atom stereocenters. The zero-order valence-corrected chi connectivity index (χ0v) is 8.89. The molecule has 1 aromatic rings. The molecule has 0 aliphatic heterocycles. The first-order chi connectivity index (χ1) is 5.74. The van der Waals surface area contributed by atoms with Crippen LogP contribution in [0.25, 0.3) is 6.08 Å². The molecule has 0 aromatic heterocycles. The van der Waals surface area contributed by atoms with E-state index >= 15 is 0 Å². The second-order valence-electron chi connectivity index (χ2n) is 2.20. The fourth-order valence-electron chi connectivity index (χ4n) is 0.784. The van der Waals surface area contributed by atoms with Gasteiger partial charge in [0, 0.05) is 9.50 Å². The van der Waals surface area contributed by atoms with E-state index in [1.54, 1.807) is 13.4 Å². The summed E-state index contributed by atoms with van der Waals surface area (Å²) in [4.78, 5) is 0. The summed E-state index contributed by atoms with van der Waals surface area (Å²) in [7, 11) is 1.60. The van der Waals surface area contributed by atoms with E-state index in [1.165, 1.54) is 0 Å². The van der Waals surface area contributed by atoms with E-state index in [0.717, 1.165) is 10.0 Å². The maximum absolute atomic E-state index is 5.90. The summed E-state index contributed by atoms with van der Waals surface area (Å²) in [5, 5.41) is 0.714. The molecule has 0 spiro atoms. The van der Waals surface area contributed by atoms with Crippen LogP contribution in [0.15, 0.2) is 28.9 Å². The summed E-state index contributed by atoms with van der Waals surface area (Å²) < 4.78 is 5.79. The molecule has 0 aliphatic rings. The summed E-state index contributed by atoms with van der Waals surface area (Å²) >= 11 is 9.26. The van der Waals surface area contributed by atoms with E-state index in [4.69, 9.17) is 16.3 Å². The molecule has 0 saturated carbocycles. The van der Waals surface area contributed by atoms with Crippen molar-refractivity contribution in [1.82, 2.24) is 0 Å². The quantitative estimate of drug-likeness (QED) is 0.724. The Balaban J connectivity index is 2.97. The molecule has 0 bridgehead atoms. The van der Waals surface area contributed by atoms with Gasteiger partial charge in [-0.25, -0.2) is 0 Å². The van der Waals surface area contributed by atoms with Crippen LogP contribution >= 0.6 is 27.5 Å². The third-order valence-electron chi connectivity index (χ3n) is 1.34. The highest BCUT2D eigenvalue weighted by atomic mass is 79.9. The first kappa shape index (κ1) is 9.62. The SMILES string of the molecule is COC=Cc1cc(Br)ccc1Cl. The van der Waals surface area contributed by atoms with Crippen molar-refractivity contribution in [2.45, 2.75) is 0 Å². The minimum absolute atomic E-state index is 0.714. The fraction of sp³-hybridized carbons (Fsp3) is 0.111. The molecule has 0 radical (unpaired) electrons. The smallest absolute Gasteiger partial charge is 0.0831 e. The fourth-order valence-corrected chi connectivity index (χ4v) is 1.34. The molecular weight excluding hydrogens is 239 g/mol. The Morgan fingerprint density at radius 1 is 1.50 bits per heavy atom. The lowest BCUT2D eigenvalue weighted by molar-refractivity contribution is 0.341. The van der Waals surface area contributed by atoms with Gasteiger partial charge in [-0.15, -0.1) is 0 Å². The number of hydrogen-bond donors (Lipinski definition) is 0. The molecule has 1 nitrogen and oxygen atoms in total. The average molecular weight is 248 g/mol. The average Bonchev–Trinajstić information content (AvgIpc) is 2.07. The minimum atomic E-state index is 0.714. The Morgan fingerprint density at radius 3 is 2.92 bits per heavy atom. The predicted molar refractivity (Wildman–Crippen MR) is 55.2 cm³/mol. The van der Waals surface area contributed by atoms with Crippen molar-refractivity contribution in [2.24, 2.45) is 0 Å². The van der Waals surface area contributed by atoms with Crippen LogP contribution < -0.4 is 0 Å². The van der Waals surface area contributed by atoms with E-state index in [-0.39, 0.29) is 0 Å². The molecule has 0 aliphatic carbocycles. The van der Waals surface area contributed by atoms with Crippen molar-refractivity contribution in [3.05, 3.63) is 39.5 Å². The number of ether oxygens (including phenoxy) is 1. The molecular formula is C9H8BrClO. The first-order valence-electron chi connectivity index (χ1n) is 3.38. The van der Waals surface area contributed by atoms with Crippen LogP contribution in [0.5, 0.6) is 0 Å². The van der Waals surface area contributed by atoms with Crippen molar-refractivity contribution in [3.8, 4) is 0 Å². The molecule has 1 aromatic carbocycles. The van der Waals surface area contributed by atoms with Crippen LogP contribution in [0.2, 0.25) is 5.02 Å². The maximum atomic E-state index is 5.90. The van der Waals surface area contributed by atoms with E-state index in [9.17, 15) is 0 Å². The van der Waals surface area contributed by atoms with Gasteiger partial charge >= 0.3 is 0 Å². The highest BCUT2D eigenvalue weighted by Gasteiger charge is 1.96. The normalized spacial score (nSPS) is 10.6. The Bertz CT molecular complexity index is 297. The van der Waals surface area contributed by atoms with Crippen LogP contribution in [0, 0.1) is 0 Å². The summed E-state index contributed by atoms with van der Waals surface area (Å²) in [6.45, 7) is 0. The number of halogens is 2. The number of rotatable bonds is 2. The summed E-state index contributed by atoms with van der Waals surface area (Å²) in [6.07, 6.45) is 3.40. The Labute approximate surface area is 85.1 Å². The molecule has 12 heavy (non-hydrogen) atoms. The van der Waals surface area contributed by atoms with E-state index in [2.05, 4.69) is 15.9 Å². The van der Waals surface area contributed by atoms with Gasteiger partial charge in [-0.05, 0) is 29.8 Å². The van der Waals surface area contributed by atoms with Crippen LogP contribution in [-0.4, -0.2) is 7.11 Å². The molecule has 0 atom stereocenters. The number of methoxy groups -OCH3 is 1. The van der Waals surface area contributed by atoms with Crippen molar-refractivity contribution >= 4 is 33.6 Å². The van der Waals surface area contributed by atoms with Crippen molar-refractivity contribution in [3.63, 3.8) is 0 Å². The number of hydrogen-bond acceptors (Lipinski definition) is 1. The Hall–Kier alpha value is -0.470. The van der Waals surface area contributed by atoms with Gasteiger partial charge in [-0.3, -0.25) is 0 Å². The monoisotopic (exact) mass is 246 g/mol. The summed E-state index contributed by atoms with van der Waals surface area (Å²) in [5.41, 5.74) is 0.938. The van der Waals surface area contributed by atoms with Gasteiger partial charge in [0.05, 0.1) is 13.4 Å². The maximum Gasteiger partial charge on any atom is 0.0831 e. The lowest BCUT2D eigenvalue weighted by Crippen LogP contribution is -1.75. The van der Waals surface area contributed by atoms with Crippen LogP contribution in [0.4, 0.5) is 0 Å². The van der Waals surface area contributed by atoms with Crippen LogP contribution in [0.3, 0.4) is 0 Å². The Kier molecular flexibility index (Phi) is 3.63. The van der Waals surface area contributed by atoms with Crippen molar-refractivity contribution in [1.29, 1.82) is 0 Å². The van der Waals surface area contributed by atoms with Gasteiger partial charge in [0.15, 0.2) is 0 Å². The number of benzene rings is 1. The molecule has 0 saturated heterocycles. The molecule has 3 heteroatoms. The molecule has 0 N–H and O–H groups in total. The molecule has 0 heterocycles. The van der Waals surface area contributed by atoms with Gasteiger partial charge in [0.25, 0.3) is 0 Å². The highest BCUT2D eigenvalue weighted by Crippen LogP contribution is 2.21. The predicted octanol–water partition coefficient (Wildman–Crippen LogP) is 3.72. The minimum Gasteiger partial charge on any atom is -0.504 e. The van der Waals surface area contributed by atoms with Crippen molar-refractivity contribution < 1.29 is 4.74 Å². The van der Waals surface area contributed by atoms with E-state index in [1.807, 2.05) is 24.3 Å². The second kappa shape index (κ2) is 4.53. The van der Waals surface area contributed by atoms with Gasteiger partial charge in [-0.1, -0.05) is 27.5 Å². The van der Waals surface area contributed by atoms with Crippen LogP contribution in [-0.2, 0) is 4.74 Å². The Morgan fingerprint density at radius 2 is 2.25 bits per heavy atom. The third-order valence-corrected chi connectivity index (χ3v) is 2.18. The van der Waals surface area contributed by atoms with Crippen LogP contribution in [0.1, 0.15) is 5.56 Å². The zero-order chi connectivity index (χ0) is 8.97. The van der Waals surface area contributed by atoms with Gasteiger partial charge < -0.3 is 4.74 Å². The second-order valence-corrected chi connectivity index (χ2v) is 3.53. The van der Waals surface area contributed by atoms with Crippen molar-refractivity contribution in [2.75, 3.05) is 7.11 Å². The molecule has 64 valence electrons. The lowest BCUT2D eigenvalue weighted by atomic mass is 10.2. The van der Waals surface area contributed by atoms with Gasteiger partial charge in [-0.2, -0.15) is 0 Å². The summed E-state index contributed by atoms with van der Waals surface area (Å²) in [6, 6.07) is 5.66. The summed E-state index contributed by atoms with van der Waals surface area (Å²) in [5.74, 6) is 0. The standard InChI is InChI=1S/C9H8BrClO/c1-12-5-4-7-6-8(10)2-3-9(7)11/h2-6H,1H3. The third kappa shape index (κ3) is 2.54. The lowest BCUT2D eigenvalue weighted by Gasteiger charge is -1.98. The molecule has 1 rings (SSSR count). The van der Waals surface area contributed by atoms with Gasteiger partial charge in [0.2, 0.25) is 0 Å². The molecule has 0 fully saturated rings.